The summed E-state index contributed by atoms with van der Waals surface area (Å²) in [5.74, 6) is 0. The summed E-state index contributed by atoms with van der Waals surface area (Å²) in [5, 5.41) is 7.77. The third-order valence-corrected chi connectivity index (χ3v) is 15.7. The van der Waals surface area contributed by atoms with Gasteiger partial charge < -0.3 is 14.1 Å². The second kappa shape index (κ2) is 10.4. The van der Waals surface area contributed by atoms with E-state index in [4.69, 9.17) is 4.42 Å². The second-order valence-corrected chi connectivity index (χ2v) is 19.6. The zero-order valence-corrected chi connectivity index (χ0v) is 30.5. The number of benzene rings is 8. The second-order valence-electron chi connectivity index (χ2n) is 15.2. The summed E-state index contributed by atoms with van der Waals surface area (Å²) >= 11 is 0. The van der Waals surface area contributed by atoms with Gasteiger partial charge in [-0.05, 0) is 85.2 Å². The van der Waals surface area contributed by atoms with Crippen LogP contribution in [0.1, 0.15) is 0 Å². The molecule has 0 radical (unpaired) electrons. The number of furan rings is 1. The Balaban J connectivity index is 1.26. The molecule has 0 amide bonds. The summed E-state index contributed by atoms with van der Waals surface area (Å²) in [5.41, 5.74) is 15.8. The van der Waals surface area contributed by atoms with E-state index >= 15 is 0 Å². The number of fused-ring (bicyclic) bond motifs is 12. The Morgan fingerprint density at radius 1 is 0.547 bits per heavy atom. The predicted molar refractivity (Wildman–Crippen MR) is 227 cm³/mol. The van der Waals surface area contributed by atoms with Gasteiger partial charge in [0, 0.05) is 33.7 Å². The molecule has 3 aliphatic rings. The van der Waals surface area contributed by atoms with Gasteiger partial charge in [0.15, 0.2) is 0 Å². The van der Waals surface area contributed by atoms with Crippen molar-refractivity contribution in [1.29, 1.82) is 0 Å². The predicted octanol–water partition coefficient (Wildman–Crippen LogP) is 10.2. The molecule has 1 aromatic heterocycles. The van der Waals surface area contributed by atoms with Gasteiger partial charge in [0.1, 0.15) is 19.2 Å². The van der Waals surface area contributed by atoms with Gasteiger partial charge in [-0.3, -0.25) is 0 Å². The van der Waals surface area contributed by atoms with Gasteiger partial charge in [-0.25, -0.2) is 0 Å². The maximum Gasteiger partial charge on any atom is 0.333 e. The Kier molecular flexibility index (Phi) is 5.75. The van der Waals surface area contributed by atoms with E-state index in [1.54, 1.807) is 0 Å². The molecule has 8 aromatic carbocycles. The van der Waals surface area contributed by atoms with Crippen LogP contribution in [0.5, 0.6) is 0 Å². The van der Waals surface area contributed by atoms with E-state index in [2.05, 4.69) is 187 Å². The zero-order chi connectivity index (χ0) is 35.0. The summed E-state index contributed by atoms with van der Waals surface area (Å²) in [6.07, 6.45) is 0. The molecule has 0 bridgehead atoms. The third kappa shape index (κ3) is 3.79. The molecule has 9 aromatic rings. The minimum atomic E-state index is -2.09. The standard InChI is InChI=1S/C48H33BN2OSi/c1-53(2)42-21-11-9-19-38(42)50-47-37(18-12-22-43(47)53)49-46-36(29-41-45(48(46)50)35-17-8-10-20-40(35)52-41)44-34-16-7-6-15-32(34)25-28-39(44)51(49)33-26-23-31(24-27-33)30-13-4-3-5-14-30/h3-29H,1-2H3. The molecule has 0 saturated heterocycles. The maximum absolute atomic E-state index is 6.84. The molecule has 0 aliphatic carbocycles. The number of hydrogen-bond acceptors (Lipinski definition) is 3. The van der Waals surface area contributed by atoms with E-state index in [-0.39, 0.29) is 6.85 Å². The molecule has 0 N–H and O–H groups in total. The van der Waals surface area contributed by atoms with Crippen LogP contribution in [0, 0.1) is 0 Å². The molecule has 4 heterocycles. The van der Waals surface area contributed by atoms with Gasteiger partial charge in [-0.1, -0.05) is 140 Å². The van der Waals surface area contributed by atoms with Crippen molar-refractivity contribution in [3.63, 3.8) is 0 Å². The van der Waals surface area contributed by atoms with Gasteiger partial charge in [0.2, 0.25) is 0 Å². The minimum absolute atomic E-state index is 0.0597. The minimum Gasteiger partial charge on any atom is -0.456 e. The molecule has 0 fully saturated rings. The van der Waals surface area contributed by atoms with Crippen LogP contribution < -0.4 is 31.0 Å². The highest BCUT2D eigenvalue weighted by Crippen LogP contribution is 2.52. The van der Waals surface area contributed by atoms with Crippen molar-refractivity contribution in [3.8, 4) is 22.3 Å². The van der Waals surface area contributed by atoms with Crippen molar-refractivity contribution in [2.45, 2.75) is 13.1 Å². The largest absolute Gasteiger partial charge is 0.456 e. The first-order valence-corrected chi connectivity index (χ1v) is 21.6. The lowest BCUT2D eigenvalue weighted by molar-refractivity contribution is 0.669. The van der Waals surface area contributed by atoms with Crippen LogP contribution in [0.3, 0.4) is 0 Å². The van der Waals surface area contributed by atoms with E-state index in [1.807, 2.05) is 0 Å². The van der Waals surface area contributed by atoms with E-state index in [9.17, 15) is 0 Å². The van der Waals surface area contributed by atoms with Crippen molar-refractivity contribution in [1.82, 2.24) is 0 Å². The molecule has 248 valence electrons. The summed E-state index contributed by atoms with van der Waals surface area (Å²) in [4.78, 5) is 5.27. The monoisotopic (exact) mass is 692 g/mol. The average molecular weight is 693 g/mol. The SMILES string of the molecule is C[Si]1(C)c2ccccc2N2c3c(cccc31)B1c3c(cc4oc5ccccc5c4c32)-c2c(ccc3ccccc23)N1c1ccc(-c2ccccc2)cc1. The molecule has 12 rings (SSSR count). The summed E-state index contributed by atoms with van der Waals surface area (Å²) < 4.78 is 6.84. The van der Waals surface area contributed by atoms with Crippen molar-refractivity contribution in [2.75, 3.05) is 9.71 Å². The highest BCUT2D eigenvalue weighted by Gasteiger charge is 2.51. The number of nitrogens with zero attached hydrogens (tertiary/aromatic N) is 2. The fourth-order valence-electron chi connectivity index (χ4n) is 9.87. The van der Waals surface area contributed by atoms with Crippen molar-refractivity contribution in [3.05, 3.63) is 164 Å². The van der Waals surface area contributed by atoms with Crippen LogP contribution in [-0.2, 0) is 0 Å². The Labute approximate surface area is 309 Å². The summed E-state index contributed by atoms with van der Waals surface area (Å²) in [7, 11) is -2.09. The van der Waals surface area contributed by atoms with Crippen LogP contribution in [-0.4, -0.2) is 14.9 Å². The topological polar surface area (TPSA) is 19.6 Å². The summed E-state index contributed by atoms with van der Waals surface area (Å²) in [6.45, 7) is 4.99. The first kappa shape index (κ1) is 29.3. The lowest BCUT2D eigenvalue weighted by atomic mass is 9.43. The molecule has 5 heteroatoms. The number of hydrogen-bond donors (Lipinski definition) is 0. The maximum atomic E-state index is 6.84. The molecule has 0 atom stereocenters. The highest BCUT2D eigenvalue weighted by atomic mass is 28.3. The fourth-order valence-corrected chi connectivity index (χ4v) is 12.9. The molecular formula is C48H33BN2OSi. The number of anilines is 5. The first-order chi connectivity index (χ1) is 26.1. The Hall–Kier alpha value is -6.30. The zero-order valence-electron chi connectivity index (χ0n) is 29.5. The van der Waals surface area contributed by atoms with Gasteiger partial charge >= 0.3 is 6.85 Å². The van der Waals surface area contributed by atoms with Gasteiger partial charge in [-0.2, -0.15) is 0 Å². The van der Waals surface area contributed by atoms with Crippen molar-refractivity contribution >= 4 is 97.4 Å². The van der Waals surface area contributed by atoms with E-state index in [0.717, 1.165) is 16.6 Å². The van der Waals surface area contributed by atoms with E-state index < -0.39 is 8.07 Å². The van der Waals surface area contributed by atoms with Gasteiger partial charge in [0.05, 0.1) is 11.1 Å². The Bertz CT molecular complexity index is 3000. The Morgan fingerprint density at radius 3 is 2.13 bits per heavy atom. The third-order valence-electron chi connectivity index (χ3n) is 12.2. The van der Waals surface area contributed by atoms with E-state index in [0.29, 0.717) is 0 Å². The lowest BCUT2D eigenvalue weighted by Crippen LogP contribution is -2.67. The molecule has 3 aliphatic heterocycles. The van der Waals surface area contributed by atoms with Crippen LogP contribution in [0.2, 0.25) is 13.1 Å². The molecule has 0 unspecified atom stereocenters. The molecule has 3 nitrogen and oxygen atoms in total. The highest BCUT2D eigenvalue weighted by molar-refractivity contribution is 7.04. The molecule has 53 heavy (non-hydrogen) atoms. The average Bonchev–Trinajstić information content (AvgIpc) is 3.59. The number of rotatable bonds is 2. The van der Waals surface area contributed by atoms with Crippen LogP contribution in [0.15, 0.2) is 168 Å². The van der Waals surface area contributed by atoms with E-state index in [1.165, 1.54) is 88.1 Å². The normalized spacial score (nSPS) is 14.6. The Morgan fingerprint density at radius 2 is 1.26 bits per heavy atom. The van der Waals surface area contributed by atoms with Crippen molar-refractivity contribution < 1.29 is 4.42 Å². The molecular weight excluding hydrogens is 659 g/mol. The van der Waals surface area contributed by atoms with Crippen LogP contribution in [0.4, 0.5) is 28.4 Å². The lowest BCUT2D eigenvalue weighted by Gasteiger charge is -2.50. The van der Waals surface area contributed by atoms with Gasteiger partial charge in [0.25, 0.3) is 0 Å². The summed E-state index contributed by atoms with van der Waals surface area (Å²) in [6, 6.07) is 60.7. The number of para-hydroxylation sites is 3. The van der Waals surface area contributed by atoms with Gasteiger partial charge in [-0.15, -0.1) is 0 Å². The molecule has 0 saturated carbocycles. The smallest absolute Gasteiger partial charge is 0.333 e. The van der Waals surface area contributed by atoms with Crippen molar-refractivity contribution in [2.24, 2.45) is 0 Å². The fraction of sp³-hybridized carbons (Fsp3) is 0.0417. The van der Waals surface area contributed by atoms with Crippen LogP contribution in [0.25, 0.3) is 55.0 Å². The van der Waals surface area contributed by atoms with Crippen LogP contribution >= 0.6 is 0 Å². The molecule has 0 spiro atoms. The first-order valence-electron chi connectivity index (χ1n) is 18.6. The quantitative estimate of drug-likeness (QED) is 0.168.